The molecule has 2 aromatic rings. The first kappa shape index (κ1) is 12.2. The van der Waals surface area contributed by atoms with E-state index in [1.54, 1.807) is 0 Å². The van der Waals surface area contributed by atoms with Gasteiger partial charge in [0.2, 0.25) is 0 Å². The second-order valence-electron chi connectivity index (χ2n) is 2.38. The van der Waals surface area contributed by atoms with Gasteiger partial charge in [0.05, 0.1) is 0 Å². The van der Waals surface area contributed by atoms with Crippen molar-refractivity contribution in [3.8, 4) is 0 Å². The Morgan fingerprint density at radius 3 is 2.07 bits per heavy atom. The molecule has 0 unspecified atom stereocenters. The third kappa shape index (κ3) is 4.59. The predicted octanol–water partition coefficient (Wildman–Crippen LogP) is 4.30. The number of hydrogen-bond acceptors (Lipinski definition) is 1. The molecule has 0 N–H and O–H groups in total. The van der Waals surface area contributed by atoms with Gasteiger partial charge < -0.3 is 0 Å². The fourth-order valence-corrected chi connectivity index (χ4v) is 1.03. The second-order valence-corrected chi connectivity index (χ2v) is 14.2. The van der Waals surface area contributed by atoms with E-state index in [2.05, 4.69) is 17.1 Å². The molecule has 0 fully saturated rings. The number of pyridine rings is 1. The van der Waals surface area contributed by atoms with Crippen LogP contribution in [0.25, 0.3) is 10.8 Å². The van der Waals surface area contributed by atoms with Crippen molar-refractivity contribution in [2.75, 3.05) is 0 Å². The van der Waals surface area contributed by atoms with Crippen LogP contribution in [-0.4, -0.2) is 4.98 Å². The normalized spacial score (nSPS) is 10.4. The molecule has 1 heterocycles. The molecule has 5 heteroatoms. The minimum atomic E-state index is -2.05. The van der Waals surface area contributed by atoms with Crippen molar-refractivity contribution in [3.63, 3.8) is 0 Å². The maximum absolute atomic E-state index is 4.99. The van der Waals surface area contributed by atoms with E-state index in [-0.39, 0.29) is 0 Å². The number of nitrogens with zero attached hydrogens (tertiary/aromatic N) is 1. The Bertz CT molecular complexity index is 326. The summed E-state index contributed by atoms with van der Waals surface area (Å²) in [5, 5.41) is 2.45. The van der Waals surface area contributed by atoms with Gasteiger partial charge in [0.15, 0.2) is 0 Å². The molecule has 0 aliphatic carbocycles. The molecular formula is C9H7Cl3NRe. The van der Waals surface area contributed by atoms with Crippen LogP contribution >= 0.6 is 28.6 Å². The first-order valence-corrected chi connectivity index (χ1v) is 13.8. The van der Waals surface area contributed by atoms with Crippen molar-refractivity contribution in [1.82, 2.24) is 4.98 Å². The van der Waals surface area contributed by atoms with Gasteiger partial charge in [-0.25, -0.2) is 0 Å². The average molecular weight is 422 g/mol. The maximum atomic E-state index is 4.99. The minimum absolute atomic E-state index is 1.20. The largest absolute Gasteiger partial charge is 0.264 e. The molecule has 1 aromatic heterocycles. The van der Waals surface area contributed by atoms with Gasteiger partial charge in [-0.2, -0.15) is 0 Å². The molecule has 0 saturated heterocycles. The van der Waals surface area contributed by atoms with Crippen LogP contribution < -0.4 is 0 Å². The molecule has 0 amide bonds. The van der Waals surface area contributed by atoms with Crippen molar-refractivity contribution in [3.05, 3.63) is 42.7 Å². The summed E-state index contributed by atoms with van der Waals surface area (Å²) in [5.41, 5.74) is 0. The molecule has 0 radical (unpaired) electrons. The van der Waals surface area contributed by atoms with E-state index in [0.717, 1.165) is 0 Å². The predicted molar refractivity (Wildman–Crippen MR) is 59.3 cm³/mol. The van der Waals surface area contributed by atoms with E-state index in [4.69, 9.17) is 28.6 Å². The zero-order valence-electron chi connectivity index (χ0n) is 7.00. The molecule has 0 bridgehead atoms. The summed E-state index contributed by atoms with van der Waals surface area (Å²) in [7, 11) is 15.0. The Kier molecular flexibility index (Phi) is 5.78. The van der Waals surface area contributed by atoms with Crippen LogP contribution in [0.4, 0.5) is 0 Å². The van der Waals surface area contributed by atoms with Crippen molar-refractivity contribution < 1.29 is 13.7 Å². The van der Waals surface area contributed by atoms with Crippen LogP contribution in [0.2, 0.25) is 0 Å². The fourth-order valence-electron chi connectivity index (χ4n) is 1.03. The smallest absolute Gasteiger partial charge is 0.0346 e. The van der Waals surface area contributed by atoms with Crippen LogP contribution in [0.1, 0.15) is 0 Å². The van der Waals surface area contributed by atoms with Gasteiger partial charge in [0, 0.05) is 12.4 Å². The Balaban J connectivity index is 0.000000213. The van der Waals surface area contributed by atoms with Crippen molar-refractivity contribution >= 4 is 39.4 Å². The number of fused-ring (bicyclic) bond motifs is 1. The Hall–Kier alpha value is 0.162. The summed E-state index contributed by atoms with van der Waals surface area (Å²) < 4.78 is 0. The van der Waals surface area contributed by atoms with Gasteiger partial charge in [-0.15, -0.1) is 0 Å². The van der Waals surface area contributed by atoms with Crippen LogP contribution in [0.3, 0.4) is 0 Å². The number of benzene rings is 1. The van der Waals surface area contributed by atoms with Crippen LogP contribution in [-0.2, 0) is 13.7 Å². The molecule has 0 saturated carbocycles. The quantitative estimate of drug-likeness (QED) is 0.618. The van der Waals surface area contributed by atoms with E-state index in [1.807, 2.05) is 30.6 Å². The molecule has 0 aliphatic rings. The molecule has 0 atom stereocenters. The van der Waals surface area contributed by atoms with Crippen LogP contribution in [0, 0.1) is 0 Å². The Morgan fingerprint density at radius 2 is 1.50 bits per heavy atom. The van der Waals surface area contributed by atoms with Gasteiger partial charge in [0.1, 0.15) is 0 Å². The molecular weight excluding hydrogens is 415 g/mol. The van der Waals surface area contributed by atoms with E-state index in [1.165, 1.54) is 10.8 Å². The number of halogens is 3. The first-order valence-electron chi connectivity index (χ1n) is 3.68. The zero-order chi connectivity index (χ0) is 10.4. The molecule has 1 aromatic carbocycles. The molecule has 76 valence electrons. The third-order valence-corrected chi connectivity index (χ3v) is 1.55. The topological polar surface area (TPSA) is 12.9 Å². The minimum Gasteiger partial charge on any atom is -0.264 e. The molecule has 0 aliphatic heterocycles. The molecule has 0 spiro atoms. The summed E-state index contributed by atoms with van der Waals surface area (Å²) in [6, 6.07) is 10.2. The maximum Gasteiger partial charge on any atom is 0.0346 e. The Morgan fingerprint density at radius 1 is 0.929 bits per heavy atom. The van der Waals surface area contributed by atoms with Gasteiger partial charge in [-0.1, -0.05) is 24.3 Å². The number of aromatic nitrogens is 1. The molecule has 14 heavy (non-hydrogen) atoms. The monoisotopic (exact) mass is 421 g/mol. The van der Waals surface area contributed by atoms with Gasteiger partial charge >= 0.3 is 42.3 Å². The van der Waals surface area contributed by atoms with Crippen molar-refractivity contribution in [2.45, 2.75) is 0 Å². The number of hydrogen-bond donors (Lipinski definition) is 0. The average Bonchev–Trinajstić information content (AvgIpc) is 2.17. The number of rotatable bonds is 0. The van der Waals surface area contributed by atoms with Crippen molar-refractivity contribution in [2.24, 2.45) is 0 Å². The van der Waals surface area contributed by atoms with E-state index in [0.29, 0.717) is 0 Å². The Labute approximate surface area is 100 Å². The first-order chi connectivity index (χ1) is 6.70. The second kappa shape index (κ2) is 6.61. The zero-order valence-corrected chi connectivity index (χ0v) is 12.0. The molecule has 2 rings (SSSR count). The van der Waals surface area contributed by atoms with Crippen LogP contribution in [0.15, 0.2) is 42.7 Å². The fraction of sp³-hybridized carbons (Fsp3) is 0. The SMILES string of the molecule is [Cl][Re]([Cl])[Cl].c1ccc2cnccc2c1. The van der Waals surface area contributed by atoms with Crippen LogP contribution in [0.5, 0.6) is 0 Å². The van der Waals surface area contributed by atoms with E-state index < -0.39 is 13.7 Å². The summed E-state index contributed by atoms with van der Waals surface area (Å²) in [6.07, 6.45) is 3.68. The summed E-state index contributed by atoms with van der Waals surface area (Å²) >= 11 is -2.05. The van der Waals surface area contributed by atoms with Crippen molar-refractivity contribution in [1.29, 1.82) is 0 Å². The van der Waals surface area contributed by atoms with Gasteiger partial charge in [-0.3, -0.25) is 4.98 Å². The van der Waals surface area contributed by atoms with Gasteiger partial charge in [0.25, 0.3) is 0 Å². The summed E-state index contributed by atoms with van der Waals surface area (Å²) in [5.74, 6) is 0. The van der Waals surface area contributed by atoms with E-state index in [9.17, 15) is 0 Å². The summed E-state index contributed by atoms with van der Waals surface area (Å²) in [4.78, 5) is 4.01. The van der Waals surface area contributed by atoms with Gasteiger partial charge in [-0.05, 0) is 16.8 Å². The molecule has 1 nitrogen and oxygen atoms in total. The third-order valence-electron chi connectivity index (χ3n) is 1.55. The van der Waals surface area contributed by atoms with E-state index >= 15 is 0 Å². The standard InChI is InChI=1S/C9H7N.3ClH.Re/c1-2-4-9-7-10-6-5-8(9)3-1;;;;/h1-7H;3*1H;/q;;;;+3/p-3. The summed E-state index contributed by atoms with van der Waals surface area (Å²) in [6.45, 7) is 0.